The van der Waals surface area contributed by atoms with E-state index in [0.29, 0.717) is 17.3 Å². The molecule has 0 fully saturated rings. The number of amides is 1. The number of benzene rings is 1. The lowest BCUT2D eigenvalue weighted by Gasteiger charge is -2.03. The fourth-order valence-electron chi connectivity index (χ4n) is 2.33. The topological polar surface area (TPSA) is 102 Å². The van der Waals surface area contributed by atoms with Crippen molar-refractivity contribution in [3.63, 3.8) is 0 Å². The summed E-state index contributed by atoms with van der Waals surface area (Å²) in [7, 11) is 0. The summed E-state index contributed by atoms with van der Waals surface area (Å²) in [5.41, 5.74) is 1.59. The van der Waals surface area contributed by atoms with E-state index in [-0.39, 0.29) is 24.6 Å². The average Bonchev–Trinajstić information content (AvgIpc) is 3.25. The van der Waals surface area contributed by atoms with Gasteiger partial charge in [-0.2, -0.15) is 10.2 Å². The molecule has 2 heterocycles. The number of hydrogen-bond acceptors (Lipinski definition) is 4. The maximum Gasteiger partial charge on any atom is 0.356 e. The van der Waals surface area contributed by atoms with Crippen molar-refractivity contribution in [3.05, 3.63) is 65.2 Å². The second-order valence-corrected chi connectivity index (χ2v) is 6.06. The number of nitrogens with one attached hydrogen (secondary N) is 1. The van der Waals surface area contributed by atoms with Crippen LogP contribution in [0.2, 0.25) is 5.02 Å². The summed E-state index contributed by atoms with van der Waals surface area (Å²) in [5.74, 6) is -1.30. The van der Waals surface area contributed by atoms with Crippen LogP contribution in [-0.2, 0) is 17.9 Å². The number of halogens is 1. The largest absolute Gasteiger partial charge is 0.476 e. The maximum atomic E-state index is 12.0. The van der Waals surface area contributed by atoms with Crippen molar-refractivity contribution in [2.45, 2.75) is 19.5 Å². The molecule has 0 aliphatic rings. The van der Waals surface area contributed by atoms with E-state index in [1.54, 1.807) is 17.1 Å². The van der Waals surface area contributed by atoms with E-state index in [2.05, 4.69) is 15.5 Å². The molecule has 0 aliphatic carbocycles. The number of carboxylic acid groups (broad SMARTS) is 1. The summed E-state index contributed by atoms with van der Waals surface area (Å²) in [6.07, 6.45) is 5.01. The van der Waals surface area contributed by atoms with E-state index in [0.717, 1.165) is 5.56 Å². The first-order chi connectivity index (χ1) is 12.5. The van der Waals surface area contributed by atoms with Crippen LogP contribution >= 0.6 is 11.6 Å². The lowest BCUT2D eigenvalue weighted by Crippen LogP contribution is -2.14. The van der Waals surface area contributed by atoms with Crippen LogP contribution in [0.25, 0.3) is 0 Å². The molecule has 3 rings (SSSR count). The number of aromatic nitrogens is 4. The maximum absolute atomic E-state index is 12.0. The van der Waals surface area contributed by atoms with E-state index in [1.165, 1.54) is 16.9 Å². The van der Waals surface area contributed by atoms with Crippen molar-refractivity contribution < 1.29 is 14.7 Å². The van der Waals surface area contributed by atoms with E-state index in [9.17, 15) is 9.59 Å². The van der Waals surface area contributed by atoms with E-state index < -0.39 is 5.97 Å². The predicted molar refractivity (Wildman–Crippen MR) is 95.2 cm³/mol. The second-order valence-electron chi connectivity index (χ2n) is 5.62. The Labute approximate surface area is 154 Å². The Balaban J connectivity index is 1.50. The molecule has 0 aliphatic heterocycles. The molecule has 0 unspecified atom stereocenters. The number of aromatic carboxylic acids is 1. The minimum Gasteiger partial charge on any atom is -0.476 e. The Morgan fingerprint density at radius 1 is 1.15 bits per heavy atom. The van der Waals surface area contributed by atoms with E-state index in [4.69, 9.17) is 16.7 Å². The fraction of sp³-hybridized carbons (Fsp3) is 0.176. The van der Waals surface area contributed by atoms with Crippen LogP contribution in [0.15, 0.2) is 48.9 Å². The Morgan fingerprint density at radius 2 is 1.92 bits per heavy atom. The number of aryl methyl sites for hydroxylation is 1. The molecule has 8 nitrogen and oxygen atoms in total. The quantitative estimate of drug-likeness (QED) is 0.662. The molecular weight excluding hydrogens is 358 g/mol. The zero-order valence-electron chi connectivity index (χ0n) is 13.7. The molecule has 0 spiro atoms. The van der Waals surface area contributed by atoms with Crippen LogP contribution in [0.5, 0.6) is 0 Å². The average molecular weight is 374 g/mol. The third kappa shape index (κ3) is 4.70. The summed E-state index contributed by atoms with van der Waals surface area (Å²) in [5, 5.41) is 20.3. The van der Waals surface area contributed by atoms with Gasteiger partial charge in [0.15, 0.2) is 5.69 Å². The molecule has 0 saturated heterocycles. The highest BCUT2D eigenvalue weighted by atomic mass is 35.5. The standard InChI is InChI=1S/C17H16ClN5O3/c18-13-3-1-12(2-4-13)10-23-11-14(9-19-23)20-16(24)6-8-22-7-5-15(21-22)17(25)26/h1-5,7,9,11H,6,8,10H2,(H,20,24)(H,25,26). The van der Waals surface area contributed by atoms with Gasteiger partial charge < -0.3 is 10.4 Å². The first kappa shape index (κ1) is 17.7. The van der Waals surface area contributed by atoms with E-state index in [1.807, 2.05) is 24.3 Å². The Kier molecular flexibility index (Phi) is 5.33. The Morgan fingerprint density at radius 3 is 2.62 bits per heavy atom. The SMILES string of the molecule is O=C(CCn1ccc(C(=O)O)n1)Nc1cnn(Cc2ccc(Cl)cc2)c1. The molecule has 1 aromatic carbocycles. The molecule has 0 radical (unpaired) electrons. The minimum atomic E-state index is -1.10. The predicted octanol–water partition coefficient (Wildman–Crippen LogP) is 2.51. The lowest BCUT2D eigenvalue weighted by molar-refractivity contribution is -0.116. The minimum absolute atomic E-state index is 0.0473. The van der Waals surface area contributed by atoms with E-state index >= 15 is 0 Å². The lowest BCUT2D eigenvalue weighted by atomic mass is 10.2. The van der Waals surface area contributed by atoms with Crippen molar-refractivity contribution >= 4 is 29.2 Å². The van der Waals surface area contributed by atoms with Gasteiger partial charge >= 0.3 is 5.97 Å². The van der Waals surface area contributed by atoms with Crippen LogP contribution in [-0.4, -0.2) is 36.5 Å². The van der Waals surface area contributed by atoms with Crippen molar-refractivity contribution in [2.24, 2.45) is 0 Å². The number of carbonyl (C=O) groups excluding carboxylic acids is 1. The van der Waals surface area contributed by atoms with Gasteiger partial charge in [-0.15, -0.1) is 0 Å². The molecule has 134 valence electrons. The summed E-state index contributed by atoms with van der Waals surface area (Å²) >= 11 is 5.86. The Hall–Kier alpha value is -3.13. The van der Waals surface area contributed by atoms with Gasteiger partial charge in [0, 0.05) is 30.4 Å². The monoisotopic (exact) mass is 373 g/mol. The molecule has 0 bridgehead atoms. The van der Waals surface area contributed by atoms with Gasteiger partial charge in [0.1, 0.15) is 0 Å². The molecule has 26 heavy (non-hydrogen) atoms. The van der Waals surface area contributed by atoms with Crippen molar-refractivity contribution in [1.82, 2.24) is 19.6 Å². The normalized spacial score (nSPS) is 10.7. The Bertz CT molecular complexity index is 917. The summed E-state index contributed by atoms with van der Waals surface area (Å²) < 4.78 is 3.14. The number of carboxylic acids is 1. The molecule has 3 aromatic rings. The molecule has 2 N–H and O–H groups in total. The molecule has 2 aromatic heterocycles. The van der Waals surface area contributed by atoms with Gasteiger partial charge in [0.2, 0.25) is 5.91 Å². The van der Waals surface area contributed by atoms with Crippen LogP contribution < -0.4 is 5.32 Å². The number of hydrogen-bond donors (Lipinski definition) is 2. The van der Waals surface area contributed by atoms with Gasteiger partial charge in [-0.05, 0) is 23.8 Å². The zero-order chi connectivity index (χ0) is 18.5. The second kappa shape index (κ2) is 7.83. The van der Waals surface area contributed by atoms with Gasteiger partial charge in [0.25, 0.3) is 0 Å². The zero-order valence-corrected chi connectivity index (χ0v) is 14.4. The number of nitrogens with zero attached hydrogens (tertiary/aromatic N) is 4. The molecule has 0 saturated carbocycles. The number of carbonyl (C=O) groups is 2. The molecule has 1 amide bonds. The number of anilines is 1. The van der Waals surface area contributed by atoms with Gasteiger partial charge in [-0.25, -0.2) is 4.79 Å². The third-order valence-electron chi connectivity index (χ3n) is 3.60. The highest BCUT2D eigenvalue weighted by Crippen LogP contribution is 2.12. The van der Waals surface area contributed by atoms with Gasteiger partial charge in [-0.1, -0.05) is 23.7 Å². The van der Waals surface area contributed by atoms with Crippen molar-refractivity contribution in [1.29, 1.82) is 0 Å². The first-order valence-corrected chi connectivity index (χ1v) is 8.21. The summed E-state index contributed by atoms with van der Waals surface area (Å²) in [4.78, 5) is 22.8. The fourth-order valence-corrected chi connectivity index (χ4v) is 2.46. The van der Waals surface area contributed by atoms with Crippen molar-refractivity contribution in [2.75, 3.05) is 5.32 Å². The molecule has 9 heteroatoms. The summed E-state index contributed by atoms with van der Waals surface area (Å²) in [6, 6.07) is 8.85. The van der Waals surface area contributed by atoms with Crippen LogP contribution in [0, 0.1) is 0 Å². The van der Waals surface area contributed by atoms with Gasteiger partial charge in [-0.3, -0.25) is 14.2 Å². The highest BCUT2D eigenvalue weighted by molar-refractivity contribution is 6.30. The number of rotatable bonds is 7. The molecular formula is C17H16ClN5O3. The van der Waals surface area contributed by atoms with Gasteiger partial charge in [0.05, 0.1) is 18.4 Å². The summed E-state index contributed by atoms with van der Waals surface area (Å²) in [6.45, 7) is 0.857. The van der Waals surface area contributed by atoms with Crippen LogP contribution in [0.1, 0.15) is 22.5 Å². The van der Waals surface area contributed by atoms with Crippen LogP contribution in [0.4, 0.5) is 5.69 Å². The third-order valence-corrected chi connectivity index (χ3v) is 3.85. The van der Waals surface area contributed by atoms with Crippen LogP contribution in [0.3, 0.4) is 0 Å². The molecule has 0 atom stereocenters. The highest BCUT2D eigenvalue weighted by Gasteiger charge is 2.09. The van der Waals surface area contributed by atoms with Crippen molar-refractivity contribution in [3.8, 4) is 0 Å². The smallest absolute Gasteiger partial charge is 0.356 e. The first-order valence-electron chi connectivity index (χ1n) is 7.83.